The molecular formula is C16H17NO. The summed E-state index contributed by atoms with van der Waals surface area (Å²) in [4.78, 5) is 4.11. The third-order valence-corrected chi connectivity index (χ3v) is 3.69. The van der Waals surface area contributed by atoms with Crippen molar-refractivity contribution in [3.8, 4) is 0 Å². The van der Waals surface area contributed by atoms with E-state index in [1.807, 2.05) is 18.5 Å². The van der Waals surface area contributed by atoms with Crippen molar-refractivity contribution in [1.29, 1.82) is 0 Å². The maximum absolute atomic E-state index is 6.29. The van der Waals surface area contributed by atoms with Crippen LogP contribution in [0.4, 0.5) is 0 Å². The maximum Gasteiger partial charge on any atom is 0.119 e. The van der Waals surface area contributed by atoms with Crippen LogP contribution in [0.15, 0.2) is 54.9 Å². The third-order valence-electron chi connectivity index (χ3n) is 3.69. The highest BCUT2D eigenvalue weighted by Gasteiger charge is 2.41. The second-order valence-electron chi connectivity index (χ2n) is 4.90. The van der Waals surface area contributed by atoms with Gasteiger partial charge in [0.2, 0.25) is 0 Å². The molecule has 3 rings (SSSR count). The van der Waals surface area contributed by atoms with Crippen LogP contribution in [0, 0.1) is 0 Å². The molecule has 0 N–H and O–H groups in total. The van der Waals surface area contributed by atoms with Gasteiger partial charge < -0.3 is 4.74 Å². The average molecular weight is 239 g/mol. The Labute approximate surface area is 108 Å². The Morgan fingerprint density at radius 1 is 1.06 bits per heavy atom. The predicted octanol–water partition coefficient (Wildman–Crippen LogP) is 3.52. The Morgan fingerprint density at radius 2 is 1.72 bits per heavy atom. The van der Waals surface area contributed by atoms with Crippen molar-refractivity contribution in [2.75, 3.05) is 0 Å². The molecule has 1 fully saturated rings. The van der Waals surface area contributed by atoms with Crippen LogP contribution in [0.5, 0.6) is 0 Å². The van der Waals surface area contributed by atoms with Gasteiger partial charge in [0.15, 0.2) is 0 Å². The van der Waals surface area contributed by atoms with Gasteiger partial charge in [-0.25, -0.2) is 0 Å². The lowest BCUT2D eigenvalue weighted by Gasteiger charge is -2.30. The average Bonchev–Trinajstić information content (AvgIpc) is 2.84. The quantitative estimate of drug-likeness (QED) is 0.800. The van der Waals surface area contributed by atoms with Gasteiger partial charge in [0.25, 0.3) is 0 Å². The third kappa shape index (κ3) is 1.83. The number of pyridine rings is 1. The number of benzene rings is 1. The van der Waals surface area contributed by atoms with Gasteiger partial charge in [-0.05, 0) is 43.0 Å². The van der Waals surface area contributed by atoms with E-state index in [9.17, 15) is 0 Å². The number of ether oxygens (including phenoxy) is 1. The van der Waals surface area contributed by atoms with Gasteiger partial charge in [-0.3, -0.25) is 4.98 Å². The molecule has 0 bridgehead atoms. The van der Waals surface area contributed by atoms with Crippen molar-refractivity contribution in [2.24, 2.45) is 0 Å². The van der Waals surface area contributed by atoms with Crippen LogP contribution >= 0.6 is 0 Å². The van der Waals surface area contributed by atoms with Crippen molar-refractivity contribution in [2.45, 2.75) is 31.5 Å². The lowest BCUT2D eigenvalue weighted by molar-refractivity contribution is -0.00811. The number of hydrogen-bond acceptors (Lipinski definition) is 2. The minimum absolute atomic E-state index is 0.288. The highest BCUT2D eigenvalue weighted by Crippen LogP contribution is 2.44. The summed E-state index contributed by atoms with van der Waals surface area (Å²) in [6.07, 6.45) is 6.11. The summed E-state index contributed by atoms with van der Waals surface area (Å²) in [5, 5.41) is 0. The SMILES string of the molecule is CC1CCC(c2ccccc2)(c2ccncc2)O1. The molecule has 1 aliphatic heterocycles. The number of nitrogens with zero attached hydrogens (tertiary/aromatic N) is 1. The first-order valence-corrected chi connectivity index (χ1v) is 6.45. The molecule has 2 heterocycles. The second kappa shape index (κ2) is 4.54. The summed E-state index contributed by atoms with van der Waals surface area (Å²) in [5.74, 6) is 0. The van der Waals surface area contributed by atoms with E-state index in [-0.39, 0.29) is 5.60 Å². The largest absolute Gasteiger partial charge is 0.363 e. The molecular weight excluding hydrogens is 222 g/mol. The van der Waals surface area contributed by atoms with Crippen LogP contribution in [0.2, 0.25) is 0 Å². The van der Waals surface area contributed by atoms with E-state index in [1.54, 1.807) is 0 Å². The molecule has 2 atom stereocenters. The van der Waals surface area contributed by atoms with E-state index >= 15 is 0 Å². The Kier molecular flexibility index (Phi) is 2.88. The standard InChI is InChI=1S/C16H17NO/c1-13-7-10-16(18-13,14-5-3-2-4-6-14)15-8-11-17-12-9-15/h2-6,8-9,11-13H,7,10H2,1H3. The van der Waals surface area contributed by atoms with Gasteiger partial charge in [-0.2, -0.15) is 0 Å². The molecule has 1 aromatic heterocycles. The van der Waals surface area contributed by atoms with E-state index in [0.717, 1.165) is 12.8 Å². The topological polar surface area (TPSA) is 22.1 Å². The summed E-state index contributed by atoms with van der Waals surface area (Å²) in [7, 11) is 0. The normalized spacial score (nSPS) is 27.3. The monoisotopic (exact) mass is 239 g/mol. The van der Waals surface area contributed by atoms with Gasteiger partial charge in [-0.1, -0.05) is 30.3 Å². The lowest BCUT2D eigenvalue weighted by atomic mass is 9.84. The number of hydrogen-bond donors (Lipinski definition) is 0. The zero-order valence-electron chi connectivity index (χ0n) is 10.5. The van der Waals surface area contributed by atoms with E-state index in [4.69, 9.17) is 4.74 Å². The first kappa shape index (κ1) is 11.4. The van der Waals surface area contributed by atoms with Crippen molar-refractivity contribution in [1.82, 2.24) is 4.98 Å². The van der Waals surface area contributed by atoms with Gasteiger partial charge in [0, 0.05) is 12.4 Å². The Balaban J connectivity index is 2.11. The molecule has 2 unspecified atom stereocenters. The zero-order valence-corrected chi connectivity index (χ0v) is 10.5. The fraction of sp³-hybridized carbons (Fsp3) is 0.312. The van der Waals surface area contributed by atoms with Crippen molar-refractivity contribution in [3.05, 3.63) is 66.0 Å². The molecule has 0 aliphatic carbocycles. The van der Waals surface area contributed by atoms with Crippen LogP contribution in [0.3, 0.4) is 0 Å². The van der Waals surface area contributed by atoms with Gasteiger partial charge in [0.05, 0.1) is 6.10 Å². The molecule has 0 saturated carbocycles. The van der Waals surface area contributed by atoms with Gasteiger partial charge in [-0.15, -0.1) is 0 Å². The van der Waals surface area contributed by atoms with Crippen LogP contribution in [0.25, 0.3) is 0 Å². The minimum atomic E-state index is -0.288. The molecule has 92 valence electrons. The van der Waals surface area contributed by atoms with Crippen LogP contribution in [0.1, 0.15) is 30.9 Å². The van der Waals surface area contributed by atoms with Gasteiger partial charge in [0.1, 0.15) is 5.60 Å². The summed E-state index contributed by atoms with van der Waals surface area (Å²) >= 11 is 0. The Morgan fingerprint density at radius 3 is 2.33 bits per heavy atom. The summed E-state index contributed by atoms with van der Waals surface area (Å²) < 4.78 is 6.29. The Bertz CT molecular complexity index is 470. The summed E-state index contributed by atoms with van der Waals surface area (Å²) in [6, 6.07) is 14.6. The smallest absolute Gasteiger partial charge is 0.119 e. The number of aromatic nitrogens is 1. The molecule has 2 nitrogen and oxygen atoms in total. The van der Waals surface area contributed by atoms with Crippen LogP contribution in [-0.2, 0) is 10.3 Å². The summed E-state index contributed by atoms with van der Waals surface area (Å²) in [5.41, 5.74) is 2.15. The van der Waals surface area contributed by atoms with Crippen LogP contribution in [-0.4, -0.2) is 11.1 Å². The van der Waals surface area contributed by atoms with E-state index in [1.165, 1.54) is 11.1 Å². The molecule has 18 heavy (non-hydrogen) atoms. The lowest BCUT2D eigenvalue weighted by Crippen LogP contribution is -2.27. The van der Waals surface area contributed by atoms with E-state index < -0.39 is 0 Å². The highest BCUT2D eigenvalue weighted by molar-refractivity contribution is 5.36. The van der Waals surface area contributed by atoms with E-state index in [0.29, 0.717) is 6.10 Å². The summed E-state index contributed by atoms with van der Waals surface area (Å²) in [6.45, 7) is 2.14. The van der Waals surface area contributed by atoms with Gasteiger partial charge >= 0.3 is 0 Å². The maximum atomic E-state index is 6.29. The van der Waals surface area contributed by atoms with Crippen molar-refractivity contribution in [3.63, 3.8) is 0 Å². The fourth-order valence-corrected chi connectivity index (χ4v) is 2.79. The van der Waals surface area contributed by atoms with Crippen LogP contribution < -0.4 is 0 Å². The molecule has 0 radical (unpaired) electrons. The Hall–Kier alpha value is -1.67. The highest BCUT2D eigenvalue weighted by atomic mass is 16.5. The van der Waals surface area contributed by atoms with E-state index in [2.05, 4.69) is 48.3 Å². The molecule has 0 spiro atoms. The molecule has 2 heteroatoms. The first-order valence-electron chi connectivity index (χ1n) is 6.45. The molecule has 1 aromatic carbocycles. The molecule has 2 aromatic rings. The predicted molar refractivity (Wildman–Crippen MR) is 71.2 cm³/mol. The fourth-order valence-electron chi connectivity index (χ4n) is 2.79. The minimum Gasteiger partial charge on any atom is -0.363 e. The zero-order chi connectivity index (χ0) is 12.4. The number of rotatable bonds is 2. The van der Waals surface area contributed by atoms with Crippen molar-refractivity contribution < 1.29 is 4.74 Å². The molecule has 0 amide bonds. The molecule has 1 saturated heterocycles. The second-order valence-corrected chi connectivity index (χ2v) is 4.90. The first-order chi connectivity index (χ1) is 8.81. The molecule has 1 aliphatic rings. The van der Waals surface area contributed by atoms with Crippen molar-refractivity contribution >= 4 is 0 Å².